The molecule has 0 bridgehead atoms. The molecule has 0 aliphatic carbocycles. The summed E-state index contributed by atoms with van der Waals surface area (Å²) in [5.41, 5.74) is 3.79. The number of aromatic nitrogens is 4. The fourth-order valence-electron chi connectivity index (χ4n) is 3.15. The fraction of sp³-hybridized carbons (Fsp3) is 0.273. The minimum Gasteiger partial charge on any atom is -0.483 e. The first kappa shape index (κ1) is 20.0. The Kier molecular flexibility index (Phi) is 5.50. The largest absolute Gasteiger partial charge is 0.483 e. The first-order valence-electron chi connectivity index (χ1n) is 9.73. The first-order valence-corrected chi connectivity index (χ1v) is 10.5. The molecule has 30 heavy (non-hydrogen) atoms. The number of benzene rings is 2. The molecular weight excluding hydrogens is 398 g/mol. The highest BCUT2D eigenvalue weighted by atomic mass is 32.1. The van der Waals surface area contributed by atoms with E-state index in [1.807, 2.05) is 44.2 Å². The topological polar surface area (TPSA) is 81.4 Å². The second-order valence-corrected chi connectivity index (χ2v) is 8.42. The highest BCUT2D eigenvalue weighted by molar-refractivity contribution is 7.19. The van der Waals surface area contributed by atoms with E-state index >= 15 is 0 Å². The highest BCUT2D eigenvalue weighted by Crippen LogP contribution is 2.28. The SMILES string of the molecule is Cc1ccc(C(C)C)c(OCC(=O)Nc2cccc(-c3nn4c(C)nnc4s3)c2)c1. The lowest BCUT2D eigenvalue weighted by molar-refractivity contribution is -0.118. The smallest absolute Gasteiger partial charge is 0.262 e. The summed E-state index contributed by atoms with van der Waals surface area (Å²) in [5.74, 6) is 1.60. The van der Waals surface area contributed by atoms with Crippen LogP contribution in [0, 0.1) is 13.8 Å². The maximum atomic E-state index is 12.5. The molecule has 2 aromatic heterocycles. The Morgan fingerprint density at radius 1 is 1.17 bits per heavy atom. The molecule has 8 heteroatoms. The van der Waals surface area contributed by atoms with Crippen molar-refractivity contribution in [2.45, 2.75) is 33.6 Å². The van der Waals surface area contributed by atoms with E-state index in [1.165, 1.54) is 11.3 Å². The first-order chi connectivity index (χ1) is 14.4. The van der Waals surface area contributed by atoms with Crippen LogP contribution in [-0.4, -0.2) is 32.3 Å². The van der Waals surface area contributed by atoms with Crippen molar-refractivity contribution in [3.63, 3.8) is 0 Å². The Balaban J connectivity index is 1.45. The lowest BCUT2D eigenvalue weighted by Gasteiger charge is -2.15. The molecule has 7 nitrogen and oxygen atoms in total. The van der Waals surface area contributed by atoms with Crippen LogP contribution in [0.4, 0.5) is 5.69 Å². The van der Waals surface area contributed by atoms with Crippen LogP contribution >= 0.6 is 11.3 Å². The van der Waals surface area contributed by atoms with Crippen LogP contribution in [0.1, 0.15) is 36.7 Å². The number of anilines is 1. The number of amides is 1. The summed E-state index contributed by atoms with van der Waals surface area (Å²) in [6.07, 6.45) is 0. The molecule has 0 radical (unpaired) electrons. The maximum absolute atomic E-state index is 12.5. The van der Waals surface area contributed by atoms with Gasteiger partial charge in [0.25, 0.3) is 5.91 Å². The maximum Gasteiger partial charge on any atom is 0.262 e. The normalized spacial score (nSPS) is 11.2. The van der Waals surface area contributed by atoms with Crippen molar-refractivity contribution in [2.24, 2.45) is 0 Å². The van der Waals surface area contributed by atoms with E-state index in [0.717, 1.165) is 38.2 Å². The Hall–Kier alpha value is -3.26. The molecule has 0 fully saturated rings. The lowest BCUT2D eigenvalue weighted by Crippen LogP contribution is -2.20. The highest BCUT2D eigenvalue weighted by Gasteiger charge is 2.13. The van der Waals surface area contributed by atoms with Gasteiger partial charge in [-0.05, 0) is 49.1 Å². The number of nitrogens with zero attached hydrogens (tertiary/aromatic N) is 4. The van der Waals surface area contributed by atoms with Gasteiger partial charge in [0.05, 0.1) is 0 Å². The lowest BCUT2D eigenvalue weighted by atomic mass is 10.0. The van der Waals surface area contributed by atoms with E-state index in [4.69, 9.17) is 4.74 Å². The fourth-order valence-corrected chi connectivity index (χ4v) is 4.03. The van der Waals surface area contributed by atoms with Gasteiger partial charge in [0.15, 0.2) is 12.4 Å². The standard InChI is InChI=1S/C22H23N5O2S/c1-13(2)18-9-8-14(3)10-19(18)29-12-20(28)23-17-7-5-6-16(11-17)21-26-27-15(4)24-25-22(27)30-21/h5-11,13H,12H2,1-4H3,(H,23,28). The second kappa shape index (κ2) is 8.23. The van der Waals surface area contributed by atoms with Crippen LogP contribution in [0.2, 0.25) is 0 Å². The molecule has 0 aliphatic rings. The van der Waals surface area contributed by atoms with E-state index in [0.29, 0.717) is 11.6 Å². The van der Waals surface area contributed by atoms with Crippen molar-refractivity contribution >= 4 is 27.9 Å². The number of hydrogen-bond donors (Lipinski definition) is 1. The molecule has 0 atom stereocenters. The summed E-state index contributed by atoms with van der Waals surface area (Å²) in [6.45, 7) is 8.03. The van der Waals surface area contributed by atoms with Crippen molar-refractivity contribution in [1.29, 1.82) is 0 Å². The molecule has 1 amide bonds. The third-order valence-corrected chi connectivity index (χ3v) is 5.64. The summed E-state index contributed by atoms with van der Waals surface area (Å²) in [7, 11) is 0. The van der Waals surface area contributed by atoms with E-state index in [-0.39, 0.29) is 12.5 Å². The molecule has 4 rings (SSSR count). The van der Waals surface area contributed by atoms with Crippen LogP contribution in [-0.2, 0) is 4.79 Å². The summed E-state index contributed by atoms with van der Waals surface area (Å²) >= 11 is 1.45. The summed E-state index contributed by atoms with van der Waals surface area (Å²) < 4.78 is 7.55. The second-order valence-electron chi connectivity index (χ2n) is 7.46. The predicted octanol–water partition coefficient (Wildman–Crippen LogP) is 4.61. The number of fused-ring (bicyclic) bond motifs is 1. The quantitative estimate of drug-likeness (QED) is 0.492. The van der Waals surface area contributed by atoms with E-state index in [1.54, 1.807) is 4.52 Å². The van der Waals surface area contributed by atoms with Gasteiger partial charge >= 0.3 is 0 Å². The Bertz CT molecular complexity index is 1210. The monoisotopic (exact) mass is 421 g/mol. The van der Waals surface area contributed by atoms with Crippen LogP contribution in [0.25, 0.3) is 15.5 Å². The van der Waals surface area contributed by atoms with Crippen LogP contribution in [0.3, 0.4) is 0 Å². The van der Waals surface area contributed by atoms with Gasteiger partial charge in [-0.25, -0.2) is 0 Å². The molecule has 0 spiro atoms. The van der Waals surface area contributed by atoms with Gasteiger partial charge in [-0.1, -0.05) is 49.4 Å². The molecular formula is C22H23N5O2S. The molecule has 2 aromatic carbocycles. The van der Waals surface area contributed by atoms with E-state index < -0.39 is 0 Å². The molecule has 1 N–H and O–H groups in total. The van der Waals surface area contributed by atoms with Gasteiger partial charge in [0.2, 0.25) is 4.96 Å². The minimum absolute atomic E-state index is 0.0522. The van der Waals surface area contributed by atoms with Gasteiger partial charge in [-0.3, -0.25) is 4.79 Å². The van der Waals surface area contributed by atoms with Gasteiger partial charge in [0, 0.05) is 11.3 Å². The number of carbonyl (C=O) groups is 1. The van der Waals surface area contributed by atoms with Crippen molar-refractivity contribution in [3.8, 4) is 16.3 Å². The van der Waals surface area contributed by atoms with Crippen molar-refractivity contribution in [2.75, 3.05) is 11.9 Å². The number of carbonyl (C=O) groups excluding carboxylic acids is 1. The summed E-state index contributed by atoms with van der Waals surface area (Å²) in [4.78, 5) is 13.2. The van der Waals surface area contributed by atoms with Gasteiger partial charge in [0.1, 0.15) is 10.8 Å². The molecule has 0 saturated heterocycles. The average Bonchev–Trinajstić information content (AvgIpc) is 3.29. The molecule has 4 aromatic rings. The minimum atomic E-state index is -0.211. The van der Waals surface area contributed by atoms with Crippen molar-refractivity contribution in [3.05, 3.63) is 59.4 Å². The third kappa shape index (κ3) is 4.18. The number of hydrogen-bond acceptors (Lipinski definition) is 6. The van der Waals surface area contributed by atoms with E-state index in [2.05, 4.69) is 46.6 Å². The summed E-state index contributed by atoms with van der Waals surface area (Å²) in [6, 6.07) is 13.7. The summed E-state index contributed by atoms with van der Waals surface area (Å²) in [5, 5.41) is 16.4. The Labute approximate surface area is 178 Å². The molecule has 0 aliphatic heterocycles. The zero-order chi connectivity index (χ0) is 21.3. The number of rotatable bonds is 6. The predicted molar refractivity (Wildman–Crippen MR) is 118 cm³/mol. The van der Waals surface area contributed by atoms with Crippen LogP contribution < -0.4 is 10.1 Å². The molecule has 0 unspecified atom stereocenters. The Morgan fingerprint density at radius 3 is 2.77 bits per heavy atom. The molecule has 154 valence electrons. The average molecular weight is 422 g/mol. The van der Waals surface area contributed by atoms with Gasteiger partial charge < -0.3 is 10.1 Å². The number of ether oxygens (including phenoxy) is 1. The zero-order valence-electron chi connectivity index (χ0n) is 17.3. The molecule has 0 saturated carbocycles. The van der Waals surface area contributed by atoms with Gasteiger partial charge in [-0.15, -0.1) is 10.2 Å². The third-order valence-electron chi connectivity index (χ3n) is 4.69. The number of nitrogens with one attached hydrogen (secondary N) is 1. The van der Waals surface area contributed by atoms with Gasteiger partial charge in [-0.2, -0.15) is 9.61 Å². The van der Waals surface area contributed by atoms with E-state index in [9.17, 15) is 4.79 Å². The van der Waals surface area contributed by atoms with Crippen molar-refractivity contribution < 1.29 is 9.53 Å². The number of aryl methyl sites for hydroxylation is 2. The Morgan fingerprint density at radius 2 is 2.00 bits per heavy atom. The molecule has 2 heterocycles. The van der Waals surface area contributed by atoms with Crippen LogP contribution in [0.15, 0.2) is 42.5 Å². The van der Waals surface area contributed by atoms with Crippen molar-refractivity contribution in [1.82, 2.24) is 19.8 Å². The van der Waals surface area contributed by atoms with Crippen LogP contribution in [0.5, 0.6) is 5.75 Å². The zero-order valence-corrected chi connectivity index (χ0v) is 18.2.